The number of rotatable bonds is 4. The number of aromatic amines is 1. The van der Waals surface area contributed by atoms with E-state index in [1.54, 1.807) is 36.7 Å². The monoisotopic (exact) mass is 412 g/mol. The lowest BCUT2D eigenvalue weighted by Gasteiger charge is -2.11. The van der Waals surface area contributed by atoms with Crippen LogP contribution in [-0.4, -0.2) is 16.0 Å². The third-order valence-corrected chi connectivity index (χ3v) is 4.15. The maximum absolute atomic E-state index is 12.8. The van der Waals surface area contributed by atoms with Crippen LogP contribution in [0.25, 0.3) is 11.0 Å². The average Bonchev–Trinajstić information content (AvgIpc) is 3.15. The summed E-state index contributed by atoms with van der Waals surface area (Å²) in [5, 5.41) is 5.84. The van der Waals surface area contributed by atoms with Crippen LogP contribution in [0.15, 0.2) is 73.1 Å². The summed E-state index contributed by atoms with van der Waals surface area (Å²) in [5.41, 5.74) is 0.334. The van der Waals surface area contributed by atoms with Crippen molar-refractivity contribution in [2.24, 2.45) is 0 Å². The van der Waals surface area contributed by atoms with Crippen LogP contribution in [0.5, 0.6) is 11.5 Å². The molecular formula is C21H15F3N4O2. The molecule has 2 aromatic carbocycles. The Labute approximate surface area is 168 Å². The lowest BCUT2D eigenvalue weighted by molar-refractivity contribution is -0.137. The van der Waals surface area contributed by atoms with Crippen LogP contribution in [-0.2, 0) is 6.18 Å². The van der Waals surface area contributed by atoms with Gasteiger partial charge in [0.2, 0.25) is 0 Å². The number of hydrogen-bond acceptors (Lipinski definition) is 3. The van der Waals surface area contributed by atoms with Crippen molar-refractivity contribution < 1.29 is 22.7 Å². The van der Waals surface area contributed by atoms with Crippen molar-refractivity contribution in [2.75, 3.05) is 10.6 Å². The number of carbonyl (C=O) groups is 1. The Morgan fingerprint density at radius 3 is 2.43 bits per heavy atom. The summed E-state index contributed by atoms with van der Waals surface area (Å²) in [5.74, 6) is 0.983. The standard InChI is InChI=1S/C21H15F3N4O2/c22-21(23,24)14-3-1-4-15(10-14)27-20(29)28-16-5-2-6-17(11-16)30-18-9-13-7-8-25-19(13)26-12-18/h1-12H,(H,25,26)(H2,27,28,29). The molecule has 2 amide bonds. The van der Waals surface area contributed by atoms with E-state index in [1.807, 2.05) is 12.1 Å². The number of H-pyrrole nitrogens is 1. The maximum atomic E-state index is 12.8. The fourth-order valence-corrected chi connectivity index (χ4v) is 2.82. The third kappa shape index (κ3) is 4.52. The van der Waals surface area contributed by atoms with Crippen LogP contribution in [0.3, 0.4) is 0 Å². The number of alkyl halides is 3. The molecule has 152 valence electrons. The van der Waals surface area contributed by atoms with Crippen LogP contribution in [0, 0.1) is 0 Å². The molecule has 0 atom stereocenters. The number of nitrogens with zero attached hydrogens (tertiary/aromatic N) is 1. The number of amides is 2. The zero-order valence-corrected chi connectivity index (χ0v) is 15.3. The molecule has 0 aliphatic heterocycles. The van der Waals surface area contributed by atoms with Crippen molar-refractivity contribution >= 4 is 28.4 Å². The number of benzene rings is 2. The number of ether oxygens (including phenoxy) is 1. The molecule has 0 radical (unpaired) electrons. The maximum Gasteiger partial charge on any atom is 0.416 e. The first-order valence-corrected chi connectivity index (χ1v) is 8.83. The lowest BCUT2D eigenvalue weighted by atomic mass is 10.2. The van der Waals surface area contributed by atoms with Gasteiger partial charge in [-0.1, -0.05) is 12.1 Å². The molecular weight excluding hydrogens is 397 g/mol. The van der Waals surface area contributed by atoms with Crippen molar-refractivity contribution in [1.29, 1.82) is 0 Å². The molecule has 0 saturated heterocycles. The summed E-state index contributed by atoms with van der Waals surface area (Å²) in [6.45, 7) is 0. The van der Waals surface area contributed by atoms with E-state index in [2.05, 4.69) is 20.6 Å². The SMILES string of the molecule is O=C(Nc1cccc(Oc2cnc3[nH]ccc3c2)c1)Nc1cccc(C(F)(F)F)c1. The Morgan fingerprint density at radius 2 is 1.67 bits per heavy atom. The molecule has 0 unspecified atom stereocenters. The summed E-state index contributed by atoms with van der Waals surface area (Å²) < 4.78 is 44.2. The van der Waals surface area contributed by atoms with E-state index in [1.165, 1.54) is 12.1 Å². The Morgan fingerprint density at radius 1 is 0.933 bits per heavy atom. The molecule has 9 heteroatoms. The summed E-state index contributed by atoms with van der Waals surface area (Å²) >= 11 is 0. The first kappa shape index (κ1) is 19.3. The van der Waals surface area contributed by atoms with Crippen molar-refractivity contribution in [3.63, 3.8) is 0 Å². The molecule has 0 bridgehead atoms. The van der Waals surface area contributed by atoms with Gasteiger partial charge in [0.15, 0.2) is 0 Å². The normalized spacial score (nSPS) is 11.3. The Balaban J connectivity index is 1.43. The molecule has 3 N–H and O–H groups in total. The molecule has 0 saturated carbocycles. The fraction of sp³-hybridized carbons (Fsp3) is 0.0476. The zero-order chi connectivity index (χ0) is 21.1. The van der Waals surface area contributed by atoms with Crippen LogP contribution in [0.1, 0.15) is 5.56 Å². The van der Waals surface area contributed by atoms with Crippen LogP contribution >= 0.6 is 0 Å². The van der Waals surface area contributed by atoms with Gasteiger partial charge in [-0.25, -0.2) is 9.78 Å². The van der Waals surface area contributed by atoms with E-state index in [0.29, 0.717) is 17.2 Å². The number of urea groups is 1. The fourth-order valence-electron chi connectivity index (χ4n) is 2.82. The molecule has 0 spiro atoms. The van der Waals surface area contributed by atoms with Gasteiger partial charge in [0, 0.05) is 29.0 Å². The summed E-state index contributed by atoms with van der Waals surface area (Å²) in [6.07, 6.45) is -1.15. The predicted octanol–water partition coefficient (Wildman–Crippen LogP) is 6.02. The Kier molecular flexibility index (Phi) is 5.01. The van der Waals surface area contributed by atoms with E-state index >= 15 is 0 Å². The second-order valence-electron chi connectivity index (χ2n) is 6.37. The number of carbonyl (C=O) groups excluding carboxylic acids is 1. The van der Waals surface area contributed by atoms with E-state index in [4.69, 9.17) is 4.74 Å². The quantitative estimate of drug-likeness (QED) is 0.384. The van der Waals surface area contributed by atoms with E-state index in [0.717, 1.165) is 23.2 Å². The molecule has 2 aromatic heterocycles. The first-order valence-electron chi connectivity index (χ1n) is 8.83. The van der Waals surface area contributed by atoms with E-state index < -0.39 is 17.8 Å². The van der Waals surface area contributed by atoms with Gasteiger partial charge in [-0.3, -0.25) is 0 Å². The number of fused-ring (bicyclic) bond motifs is 1. The second-order valence-corrected chi connectivity index (χ2v) is 6.37. The predicted molar refractivity (Wildman–Crippen MR) is 107 cm³/mol. The van der Waals surface area contributed by atoms with Crippen LogP contribution in [0.2, 0.25) is 0 Å². The minimum Gasteiger partial charge on any atom is -0.456 e. The van der Waals surface area contributed by atoms with Crippen molar-refractivity contribution in [3.8, 4) is 11.5 Å². The number of aromatic nitrogens is 2. The molecule has 6 nitrogen and oxygen atoms in total. The molecule has 0 aliphatic rings. The zero-order valence-electron chi connectivity index (χ0n) is 15.3. The van der Waals surface area contributed by atoms with Crippen molar-refractivity contribution in [1.82, 2.24) is 9.97 Å². The van der Waals surface area contributed by atoms with Crippen molar-refractivity contribution in [3.05, 3.63) is 78.6 Å². The number of nitrogens with one attached hydrogen (secondary N) is 3. The lowest BCUT2D eigenvalue weighted by Crippen LogP contribution is -2.19. The number of hydrogen-bond donors (Lipinski definition) is 3. The first-order chi connectivity index (χ1) is 14.4. The van der Waals surface area contributed by atoms with Gasteiger partial charge in [0.1, 0.15) is 17.1 Å². The minimum atomic E-state index is -4.49. The molecule has 0 aliphatic carbocycles. The van der Waals surface area contributed by atoms with Gasteiger partial charge in [0.05, 0.1) is 11.8 Å². The van der Waals surface area contributed by atoms with Gasteiger partial charge in [-0.15, -0.1) is 0 Å². The minimum absolute atomic E-state index is 0.0283. The number of pyridine rings is 1. The van der Waals surface area contributed by atoms with E-state index in [-0.39, 0.29) is 5.69 Å². The third-order valence-electron chi connectivity index (χ3n) is 4.15. The molecule has 4 aromatic rings. The highest BCUT2D eigenvalue weighted by atomic mass is 19.4. The molecule has 4 rings (SSSR count). The largest absolute Gasteiger partial charge is 0.456 e. The van der Waals surface area contributed by atoms with Gasteiger partial charge in [0.25, 0.3) is 0 Å². The van der Waals surface area contributed by atoms with Crippen LogP contribution in [0.4, 0.5) is 29.3 Å². The van der Waals surface area contributed by atoms with Gasteiger partial charge in [-0.05, 0) is 42.5 Å². The number of anilines is 2. The van der Waals surface area contributed by atoms with Crippen molar-refractivity contribution in [2.45, 2.75) is 6.18 Å². The highest BCUT2D eigenvalue weighted by molar-refractivity contribution is 5.99. The molecule has 0 fully saturated rings. The van der Waals surface area contributed by atoms with E-state index in [9.17, 15) is 18.0 Å². The Hall–Kier alpha value is -4.01. The molecule has 2 heterocycles. The van der Waals surface area contributed by atoms with Gasteiger partial charge in [-0.2, -0.15) is 13.2 Å². The second kappa shape index (κ2) is 7.78. The van der Waals surface area contributed by atoms with Gasteiger partial charge < -0.3 is 20.4 Å². The summed E-state index contributed by atoms with van der Waals surface area (Å²) in [4.78, 5) is 19.4. The highest BCUT2D eigenvalue weighted by Crippen LogP contribution is 2.31. The average molecular weight is 412 g/mol. The van der Waals surface area contributed by atoms with Crippen LogP contribution < -0.4 is 15.4 Å². The number of halogens is 3. The summed E-state index contributed by atoms with van der Waals surface area (Å²) in [7, 11) is 0. The Bertz CT molecular complexity index is 1200. The highest BCUT2D eigenvalue weighted by Gasteiger charge is 2.30. The molecule has 30 heavy (non-hydrogen) atoms. The topological polar surface area (TPSA) is 79.0 Å². The smallest absolute Gasteiger partial charge is 0.416 e. The summed E-state index contributed by atoms with van der Waals surface area (Å²) in [6, 6.07) is 14.0. The van der Waals surface area contributed by atoms with Gasteiger partial charge >= 0.3 is 12.2 Å².